The quantitative estimate of drug-likeness (QED) is 0.412. The van der Waals surface area contributed by atoms with E-state index in [0.717, 1.165) is 22.7 Å². The van der Waals surface area contributed by atoms with Crippen LogP contribution in [-0.2, 0) is 11.3 Å². The number of hydrogen-bond donors (Lipinski definition) is 3. The third-order valence-electron chi connectivity index (χ3n) is 5.18. The number of carbonyl (C=O) groups is 1. The fourth-order valence-electron chi connectivity index (χ4n) is 3.46. The molecular weight excluding hydrogens is 460 g/mol. The number of carboxylic acids is 1. The first-order chi connectivity index (χ1) is 16.5. The summed E-state index contributed by atoms with van der Waals surface area (Å²) in [5, 5.41) is 16.1. The first-order valence-corrected chi connectivity index (χ1v) is 11.4. The van der Waals surface area contributed by atoms with Crippen molar-refractivity contribution >= 4 is 40.0 Å². The van der Waals surface area contributed by atoms with Crippen molar-refractivity contribution in [2.24, 2.45) is 0 Å². The Morgan fingerprint density at radius 1 is 1.15 bits per heavy atom. The molecule has 0 atom stereocenters. The van der Waals surface area contributed by atoms with E-state index in [1.807, 2.05) is 24.3 Å². The molecule has 2 aromatic heterocycles. The zero-order valence-corrected chi connectivity index (χ0v) is 19.9. The first kappa shape index (κ1) is 23.5. The number of methoxy groups -OCH3 is 2. The van der Waals surface area contributed by atoms with Crippen LogP contribution in [-0.4, -0.2) is 66.6 Å². The fraction of sp³-hybridized carbons (Fsp3) is 0.364. The van der Waals surface area contributed by atoms with Crippen LogP contribution in [0.4, 0.5) is 22.7 Å². The van der Waals surface area contributed by atoms with E-state index >= 15 is 0 Å². The highest BCUT2D eigenvalue weighted by Gasteiger charge is 2.18. The number of aryl methyl sites for hydroxylation is 1. The Bertz CT molecular complexity index is 1160. The summed E-state index contributed by atoms with van der Waals surface area (Å²) in [5.74, 6) is 1.97. The minimum absolute atomic E-state index is 0.179. The predicted molar refractivity (Wildman–Crippen MR) is 129 cm³/mol. The molecule has 1 aliphatic rings. The lowest BCUT2D eigenvalue weighted by molar-refractivity contribution is 0.0701. The van der Waals surface area contributed by atoms with Crippen molar-refractivity contribution < 1.29 is 24.1 Å². The highest BCUT2D eigenvalue weighted by molar-refractivity contribution is 7.17. The Labute approximate surface area is 200 Å². The molecule has 34 heavy (non-hydrogen) atoms. The van der Waals surface area contributed by atoms with E-state index in [4.69, 9.17) is 14.2 Å². The summed E-state index contributed by atoms with van der Waals surface area (Å²) in [5.41, 5.74) is 1.43. The summed E-state index contributed by atoms with van der Waals surface area (Å²) in [7, 11) is 3.20. The van der Waals surface area contributed by atoms with Crippen LogP contribution in [0.15, 0.2) is 24.3 Å². The van der Waals surface area contributed by atoms with Crippen molar-refractivity contribution in [3.05, 3.63) is 40.4 Å². The molecule has 3 aromatic rings. The Hall–Kier alpha value is -3.64. The van der Waals surface area contributed by atoms with E-state index in [0.29, 0.717) is 66.9 Å². The van der Waals surface area contributed by atoms with Gasteiger partial charge in [-0.3, -0.25) is 5.32 Å². The van der Waals surface area contributed by atoms with Gasteiger partial charge in [0.2, 0.25) is 5.95 Å². The van der Waals surface area contributed by atoms with Crippen LogP contribution in [0.5, 0.6) is 11.5 Å². The van der Waals surface area contributed by atoms with Crippen molar-refractivity contribution in [3.63, 3.8) is 0 Å². The van der Waals surface area contributed by atoms with Gasteiger partial charge >= 0.3 is 5.97 Å². The van der Waals surface area contributed by atoms with Gasteiger partial charge in [-0.05, 0) is 24.6 Å². The number of hydrogen-bond acceptors (Lipinski definition) is 11. The average Bonchev–Trinajstić information content (AvgIpc) is 3.23. The topological polar surface area (TPSA) is 131 Å². The molecule has 180 valence electrons. The number of thiazole rings is 1. The van der Waals surface area contributed by atoms with Crippen LogP contribution in [0.25, 0.3) is 0 Å². The summed E-state index contributed by atoms with van der Waals surface area (Å²) < 4.78 is 16.1. The van der Waals surface area contributed by atoms with Gasteiger partial charge in [0.1, 0.15) is 16.5 Å². The highest BCUT2D eigenvalue weighted by Crippen LogP contribution is 2.29. The van der Waals surface area contributed by atoms with Crippen molar-refractivity contribution in [1.29, 1.82) is 0 Å². The van der Waals surface area contributed by atoms with Gasteiger partial charge in [-0.25, -0.2) is 9.78 Å². The monoisotopic (exact) mass is 486 g/mol. The number of aromatic nitrogens is 3. The zero-order chi connectivity index (χ0) is 24.1. The molecule has 11 nitrogen and oxygen atoms in total. The predicted octanol–water partition coefficient (Wildman–Crippen LogP) is 3.15. The molecule has 0 bridgehead atoms. The molecule has 1 fully saturated rings. The van der Waals surface area contributed by atoms with Crippen LogP contribution in [0.2, 0.25) is 0 Å². The van der Waals surface area contributed by atoms with Gasteiger partial charge in [-0.2, -0.15) is 9.97 Å². The van der Waals surface area contributed by atoms with Crippen molar-refractivity contribution in [1.82, 2.24) is 15.0 Å². The molecule has 0 radical (unpaired) electrons. The molecule has 1 aromatic carbocycles. The molecule has 3 N–H and O–H groups in total. The number of aromatic carboxylic acids is 1. The number of rotatable bonds is 9. The third kappa shape index (κ3) is 5.46. The number of ether oxygens (including phenoxy) is 3. The second kappa shape index (κ2) is 10.5. The Morgan fingerprint density at radius 2 is 1.91 bits per heavy atom. The van der Waals surface area contributed by atoms with Gasteiger partial charge in [0.25, 0.3) is 0 Å². The van der Waals surface area contributed by atoms with Crippen molar-refractivity contribution in [3.8, 4) is 11.5 Å². The van der Waals surface area contributed by atoms with Crippen LogP contribution < -0.4 is 25.0 Å². The fourth-order valence-corrected chi connectivity index (χ4v) is 4.26. The van der Waals surface area contributed by atoms with Gasteiger partial charge in [-0.1, -0.05) is 17.4 Å². The highest BCUT2D eigenvalue weighted by atomic mass is 32.1. The largest absolute Gasteiger partial charge is 0.493 e. The van der Waals surface area contributed by atoms with Crippen LogP contribution >= 0.6 is 11.3 Å². The molecule has 0 amide bonds. The molecule has 4 rings (SSSR count). The molecule has 1 saturated heterocycles. The molecule has 0 saturated carbocycles. The summed E-state index contributed by atoms with van der Waals surface area (Å²) in [6.07, 6.45) is 0. The van der Waals surface area contributed by atoms with E-state index in [-0.39, 0.29) is 4.88 Å². The third-order valence-corrected chi connectivity index (χ3v) is 6.24. The lowest BCUT2D eigenvalue weighted by Crippen LogP contribution is -2.36. The van der Waals surface area contributed by atoms with Gasteiger partial charge in [0.15, 0.2) is 16.6 Å². The summed E-state index contributed by atoms with van der Waals surface area (Å²) in [6, 6.07) is 7.59. The standard InChI is InChI=1S/C22H26N6O5S/c1-13-19(20(29)30)34-22(24-13)27-21-25-17(11-18(26-21)28-6-8-33-9-7-28)23-12-14-4-5-15(31-2)16(10-14)32-3/h4-5,10-11H,6-9,12H2,1-3H3,(H,29,30)(H2,23,24,25,26,27). The van der Waals surface area contributed by atoms with Gasteiger partial charge in [0.05, 0.1) is 33.1 Å². The second-order valence-electron chi connectivity index (χ2n) is 7.44. The molecular formula is C22H26N6O5S. The Kier molecular flexibility index (Phi) is 7.28. The van der Waals surface area contributed by atoms with E-state index in [2.05, 4.69) is 30.5 Å². The molecule has 0 unspecified atom stereocenters. The number of benzene rings is 1. The molecule has 1 aliphatic heterocycles. The minimum atomic E-state index is -1.01. The van der Waals surface area contributed by atoms with E-state index in [1.54, 1.807) is 21.1 Å². The van der Waals surface area contributed by atoms with Crippen LogP contribution in [0.1, 0.15) is 20.9 Å². The molecule has 12 heteroatoms. The van der Waals surface area contributed by atoms with E-state index in [9.17, 15) is 9.90 Å². The summed E-state index contributed by atoms with van der Waals surface area (Å²) in [6.45, 7) is 4.82. The average molecular weight is 487 g/mol. The lowest BCUT2D eigenvalue weighted by atomic mass is 10.2. The lowest BCUT2D eigenvalue weighted by Gasteiger charge is -2.28. The minimum Gasteiger partial charge on any atom is -0.493 e. The number of carboxylic acid groups (broad SMARTS) is 1. The van der Waals surface area contributed by atoms with Crippen molar-refractivity contribution in [2.75, 3.05) is 56.1 Å². The number of nitrogens with one attached hydrogen (secondary N) is 2. The Morgan fingerprint density at radius 3 is 2.59 bits per heavy atom. The number of anilines is 4. The maximum Gasteiger partial charge on any atom is 0.347 e. The molecule has 0 aliphatic carbocycles. The maximum atomic E-state index is 11.4. The number of nitrogens with zero attached hydrogens (tertiary/aromatic N) is 4. The van der Waals surface area contributed by atoms with Gasteiger partial charge in [0, 0.05) is 25.7 Å². The zero-order valence-electron chi connectivity index (χ0n) is 19.1. The smallest absolute Gasteiger partial charge is 0.347 e. The first-order valence-electron chi connectivity index (χ1n) is 10.6. The number of morpholine rings is 1. The van der Waals surface area contributed by atoms with Crippen LogP contribution in [0.3, 0.4) is 0 Å². The summed E-state index contributed by atoms with van der Waals surface area (Å²) >= 11 is 1.05. The normalized spacial score (nSPS) is 13.4. The van der Waals surface area contributed by atoms with E-state index < -0.39 is 5.97 Å². The molecule has 0 spiro atoms. The van der Waals surface area contributed by atoms with Gasteiger partial charge in [-0.15, -0.1) is 0 Å². The maximum absolute atomic E-state index is 11.4. The second-order valence-corrected chi connectivity index (χ2v) is 8.44. The Balaban J connectivity index is 1.58. The molecule has 3 heterocycles. The van der Waals surface area contributed by atoms with Crippen LogP contribution in [0, 0.1) is 6.92 Å². The van der Waals surface area contributed by atoms with E-state index in [1.165, 1.54) is 0 Å². The SMILES string of the molecule is COc1ccc(CNc2cc(N3CCOCC3)nc(Nc3nc(C)c(C(=O)O)s3)n2)cc1OC. The van der Waals surface area contributed by atoms with Crippen molar-refractivity contribution in [2.45, 2.75) is 13.5 Å². The summed E-state index contributed by atoms with van der Waals surface area (Å²) in [4.78, 5) is 27.2. The van der Waals surface area contributed by atoms with Gasteiger partial charge < -0.3 is 29.5 Å².